The van der Waals surface area contributed by atoms with E-state index in [4.69, 9.17) is 11.6 Å². The van der Waals surface area contributed by atoms with Gasteiger partial charge < -0.3 is 0 Å². The smallest absolute Gasteiger partial charge is 0.0409 e. The van der Waals surface area contributed by atoms with E-state index >= 15 is 0 Å². The molecular weight excluding hydrogens is 200 g/mol. The minimum atomic E-state index is 0.735. The summed E-state index contributed by atoms with van der Waals surface area (Å²) in [6.45, 7) is 4.48. The number of hydrogen-bond donors (Lipinski definition) is 0. The molecule has 0 aromatic heterocycles. The summed E-state index contributed by atoms with van der Waals surface area (Å²) >= 11 is 7.86. The lowest BCUT2D eigenvalue weighted by Gasteiger charge is -2.07. The van der Waals surface area contributed by atoms with Gasteiger partial charge >= 0.3 is 0 Å². The van der Waals surface area contributed by atoms with E-state index in [0.717, 1.165) is 16.0 Å². The van der Waals surface area contributed by atoms with Crippen LogP contribution in [0, 0.1) is 0 Å². The van der Waals surface area contributed by atoms with Gasteiger partial charge in [0, 0.05) is 16.0 Å². The standard InChI is InChI=1S/C11H15ClS/c1-3-9(2)13-8-10-5-4-6-11(12)7-10/h4-7,9H,3,8H2,1-2H3. The average molecular weight is 215 g/mol. The summed E-state index contributed by atoms with van der Waals surface area (Å²) in [6, 6.07) is 8.09. The molecule has 0 N–H and O–H groups in total. The van der Waals surface area contributed by atoms with E-state index in [1.807, 2.05) is 30.0 Å². The topological polar surface area (TPSA) is 0 Å². The number of rotatable bonds is 4. The van der Waals surface area contributed by atoms with Gasteiger partial charge in [0.05, 0.1) is 0 Å². The van der Waals surface area contributed by atoms with Crippen molar-refractivity contribution in [3.63, 3.8) is 0 Å². The molecular formula is C11H15ClS. The van der Waals surface area contributed by atoms with Gasteiger partial charge in [0.2, 0.25) is 0 Å². The molecule has 0 fully saturated rings. The lowest BCUT2D eigenvalue weighted by molar-refractivity contribution is 0.905. The van der Waals surface area contributed by atoms with Crippen LogP contribution in [0.2, 0.25) is 5.02 Å². The summed E-state index contributed by atoms with van der Waals surface area (Å²) in [5.74, 6) is 1.07. The first-order valence-corrected chi connectivity index (χ1v) is 6.01. The molecule has 0 aliphatic rings. The monoisotopic (exact) mass is 214 g/mol. The second-order valence-corrected chi connectivity index (χ2v) is 5.02. The van der Waals surface area contributed by atoms with Gasteiger partial charge in [-0.1, -0.05) is 37.6 Å². The van der Waals surface area contributed by atoms with Crippen molar-refractivity contribution < 1.29 is 0 Å². The van der Waals surface area contributed by atoms with Gasteiger partial charge in [-0.2, -0.15) is 11.8 Å². The van der Waals surface area contributed by atoms with Crippen molar-refractivity contribution >= 4 is 23.4 Å². The summed E-state index contributed by atoms with van der Waals surface area (Å²) in [4.78, 5) is 0. The maximum Gasteiger partial charge on any atom is 0.0409 e. The summed E-state index contributed by atoms with van der Waals surface area (Å²) in [5.41, 5.74) is 1.32. The molecule has 1 aromatic carbocycles. The zero-order valence-electron chi connectivity index (χ0n) is 8.09. The van der Waals surface area contributed by atoms with Crippen LogP contribution in [-0.2, 0) is 5.75 Å². The fraction of sp³-hybridized carbons (Fsp3) is 0.455. The minimum absolute atomic E-state index is 0.735. The van der Waals surface area contributed by atoms with Crippen molar-refractivity contribution in [1.82, 2.24) is 0 Å². The van der Waals surface area contributed by atoms with Crippen molar-refractivity contribution in [3.8, 4) is 0 Å². The molecule has 0 heterocycles. The molecule has 0 nitrogen and oxygen atoms in total. The average Bonchev–Trinajstić information content (AvgIpc) is 2.14. The third kappa shape index (κ3) is 4.06. The first-order chi connectivity index (χ1) is 6.22. The summed E-state index contributed by atoms with van der Waals surface area (Å²) in [5, 5.41) is 1.57. The summed E-state index contributed by atoms with van der Waals surface area (Å²) < 4.78 is 0. The molecule has 72 valence electrons. The van der Waals surface area contributed by atoms with Crippen molar-refractivity contribution in [2.45, 2.75) is 31.3 Å². The molecule has 0 amide bonds. The highest BCUT2D eigenvalue weighted by molar-refractivity contribution is 7.99. The predicted molar refractivity (Wildman–Crippen MR) is 62.5 cm³/mol. The van der Waals surface area contributed by atoms with E-state index in [1.54, 1.807) is 0 Å². The minimum Gasteiger partial charge on any atom is -0.154 e. The SMILES string of the molecule is CCC(C)SCc1cccc(Cl)c1. The van der Waals surface area contributed by atoms with Gasteiger partial charge in [-0.25, -0.2) is 0 Å². The molecule has 1 atom stereocenters. The van der Waals surface area contributed by atoms with E-state index in [0.29, 0.717) is 0 Å². The Labute approximate surface area is 89.7 Å². The Morgan fingerprint density at radius 1 is 1.46 bits per heavy atom. The van der Waals surface area contributed by atoms with Gasteiger partial charge in [0.1, 0.15) is 0 Å². The molecule has 1 rings (SSSR count). The number of hydrogen-bond acceptors (Lipinski definition) is 1. The van der Waals surface area contributed by atoms with Gasteiger partial charge in [0.25, 0.3) is 0 Å². The molecule has 2 heteroatoms. The van der Waals surface area contributed by atoms with Crippen LogP contribution in [0.25, 0.3) is 0 Å². The Hall–Kier alpha value is -0.140. The molecule has 1 unspecified atom stereocenters. The zero-order chi connectivity index (χ0) is 9.68. The summed E-state index contributed by atoms with van der Waals surface area (Å²) in [6.07, 6.45) is 1.23. The Morgan fingerprint density at radius 3 is 2.85 bits per heavy atom. The fourth-order valence-corrected chi connectivity index (χ4v) is 2.09. The van der Waals surface area contributed by atoms with Crippen LogP contribution >= 0.6 is 23.4 Å². The number of halogens is 1. The third-order valence-electron chi connectivity index (χ3n) is 2.00. The highest BCUT2D eigenvalue weighted by atomic mass is 35.5. The molecule has 0 aliphatic heterocycles. The lowest BCUT2D eigenvalue weighted by atomic mass is 10.2. The second-order valence-electron chi connectivity index (χ2n) is 3.16. The molecule has 0 saturated heterocycles. The number of thioether (sulfide) groups is 1. The first-order valence-electron chi connectivity index (χ1n) is 4.58. The predicted octanol–water partition coefficient (Wildman–Crippen LogP) is 4.37. The molecule has 13 heavy (non-hydrogen) atoms. The maximum absolute atomic E-state index is 5.88. The molecule has 0 radical (unpaired) electrons. The molecule has 0 aliphatic carbocycles. The van der Waals surface area contributed by atoms with Crippen molar-refractivity contribution in [2.75, 3.05) is 0 Å². The van der Waals surface area contributed by atoms with Crippen molar-refractivity contribution in [1.29, 1.82) is 0 Å². The van der Waals surface area contributed by atoms with Crippen LogP contribution in [0.15, 0.2) is 24.3 Å². The summed E-state index contributed by atoms with van der Waals surface area (Å²) in [7, 11) is 0. The highest BCUT2D eigenvalue weighted by Gasteiger charge is 2.00. The van der Waals surface area contributed by atoms with E-state index < -0.39 is 0 Å². The molecule has 0 bridgehead atoms. The van der Waals surface area contributed by atoms with E-state index in [2.05, 4.69) is 19.9 Å². The maximum atomic E-state index is 5.88. The van der Waals surface area contributed by atoms with Gasteiger partial charge in [0.15, 0.2) is 0 Å². The Morgan fingerprint density at radius 2 is 2.23 bits per heavy atom. The normalized spacial score (nSPS) is 12.8. The van der Waals surface area contributed by atoms with E-state index in [1.165, 1.54) is 12.0 Å². The van der Waals surface area contributed by atoms with Crippen molar-refractivity contribution in [2.24, 2.45) is 0 Å². The third-order valence-corrected chi connectivity index (χ3v) is 3.64. The van der Waals surface area contributed by atoms with Crippen LogP contribution in [0.3, 0.4) is 0 Å². The Balaban J connectivity index is 2.45. The van der Waals surface area contributed by atoms with Crippen LogP contribution < -0.4 is 0 Å². The molecule has 0 saturated carbocycles. The lowest BCUT2D eigenvalue weighted by Crippen LogP contribution is -1.93. The molecule has 1 aromatic rings. The van der Waals surface area contributed by atoms with Crippen LogP contribution in [0.1, 0.15) is 25.8 Å². The first kappa shape index (κ1) is 10.9. The van der Waals surface area contributed by atoms with Crippen LogP contribution in [0.4, 0.5) is 0 Å². The largest absolute Gasteiger partial charge is 0.154 e. The van der Waals surface area contributed by atoms with Crippen LogP contribution in [0.5, 0.6) is 0 Å². The van der Waals surface area contributed by atoms with Gasteiger partial charge in [-0.05, 0) is 24.1 Å². The van der Waals surface area contributed by atoms with Crippen molar-refractivity contribution in [3.05, 3.63) is 34.9 Å². The second kappa shape index (κ2) is 5.56. The van der Waals surface area contributed by atoms with Crippen LogP contribution in [-0.4, -0.2) is 5.25 Å². The quantitative estimate of drug-likeness (QED) is 0.717. The van der Waals surface area contributed by atoms with Gasteiger partial charge in [-0.3, -0.25) is 0 Å². The molecule has 0 spiro atoms. The van der Waals surface area contributed by atoms with E-state index in [-0.39, 0.29) is 0 Å². The fourth-order valence-electron chi connectivity index (χ4n) is 0.983. The number of benzene rings is 1. The van der Waals surface area contributed by atoms with E-state index in [9.17, 15) is 0 Å². The highest BCUT2D eigenvalue weighted by Crippen LogP contribution is 2.21. The van der Waals surface area contributed by atoms with Gasteiger partial charge in [-0.15, -0.1) is 0 Å². The zero-order valence-corrected chi connectivity index (χ0v) is 9.66. The Bertz CT molecular complexity index is 260. The Kier molecular flexibility index (Phi) is 4.68.